The molecule has 3 rings (SSSR count). The van der Waals surface area contributed by atoms with Crippen LogP contribution in [0.3, 0.4) is 0 Å². The fourth-order valence-electron chi connectivity index (χ4n) is 5.22. The van der Waals surface area contributed by atoms with Crippen LogP contribution in [-0.4, -0.2) is 26.0 Å². The Morgan fingerprint density at radius 2 is 1.88 bits per heavy atom. The number of carbonyl (C=O) groups is 1. The number of nitro groups is 2. The number of hydrogen-bond acceptors (Lipinski definition) is 6. The first-order chi connectivity index (χ1) is 12.0. The van der Waals surface area contributed by atoms with Crippen LogP contribution in [0.5, 0.6) is 5.75 Å². The molecule has 2 aliphatic rings. The number of carboxylic acid groups (broad SMARTS) is 1. The number of aliphatic carboxylic acids is 1. The van der Waals surface area contributed by atoms with Crippen LogP contribution >= 0.6 is 0 Å². The fraction of sp³-hybridized carbons (Fsp3) is 0.588. The first-order valence-corrected chi connectivity index (χ1v) is 8.45. The Morgan fingerprint density at radius 1 is 1.23 bits per heavy atom. The SMILES string of the molecule is CC1(C(=O)O)CCCC2(C)c3c(cc([N+](=O)[O-])c(O)c3[N+](=O)[O-])CCC12. The maximum absolute atomic E-state index is 11.9. The lowest BCUT2D eigenvalue weighted by Gasteiger charge is -2.53. The van der Waals surface area contributed by atoms with E-state index in [-0.39, 0.29) is 11.5 Å². The smallest absolute Gasteiger partial charge is 0.322 e. The van der Waals surface area contributed by atoms with E-state index in [9.17, 15) is 35.2 Å². The van der Waals surface area contributed by atoms with E-state index in [4.69, 9.17) is 0 Å². The Kier molecular flexibility index (Phi) is 3.93. The molecule has 1 aromatic carbocycles. The third kappa shape index (κ3) is 2.26. The summed E-state index contributed by atoms with van der Waals surface area (Å²) in [5, 5.41) is 42.9. The molecule has 0 amide bonds. The third-order valence-electron chi connectivity index (χ3n) is 6.41. The van der Waals surface area contributed by atoms with Gasteiger partial charge in [-0.2, -0.15) is 0 Å². The van der Waals surface area contributed by atoms with Crippen LogP contribution in [0.1, 0.15) is 50.7 Å². The molecule has 1 aromatic rings. The zero-order chi connectivity index (χ0) is 19.4. The predicted octanol–water partition coefficient (Wildman–Crippen LogP) is 3.30. The van der Waals surface area contributed by atoms with Gasteiger partial charge in [-0.3, -0.25) is 25.0 Å². The molecule has 3 unspecified atom stereocenters. The van der Waals surface area contributed by atoms with E-state index in [1.165, 1.54) is 6.07 Å². The molecule has 0 bridgehead atoms. The highest BCUT2D eigenvalue weighted by Crippen LogP contribution is 2.60. The Hall–Kier alpha value is -2.71. The first kappa shape index (κ1) is 18.1. The standard InChI is InChI=1S/C17H20N2O7/c1-16-6-3-7-17(2,15(21)22)11(16)5-4-9-8-10(18(23)24)14(20)13(12(9)16)19(25)26/h8,11,20H,3-7H2,1-2H3,(H,21,22). The Bertz CT molecular complexity index is 837. The van der Waals surface area contributed by atoms with Gasteiger partial charge in [0.2, 0.25) is 0 Å². The highest BCUT2D eigenvalue weighted by molar-refractivity contribution is 5.76. The summed E-state index contributed by atoms with van der Waals surface area (Å²) in [5.41, 5.74) is -2.50. The van der Waals surface area contributed by atoms with Crippen molar-refractivity contribution in [2.45, 2.75) is 51.4 Å². The maximum atomic E-state index is 11.9. The number of benzene rings is 1. The van der Waals surface area contributed by atoms with E-state index in [0.717, 1.165) is 0 Å². The summed E-state index contributed by atoms with van der Waals surface area (Å²) >= 11 is 0. The van der Waals surface area contributed by atoms with Crippen LogP contribution in [0.2, 0.25) is 0 Å². The van der Waals surface area contributed by atoms with Gasteiger partial charge in [-0.25, -0.2) is 0 Å². The van der Waals surface area contributed by atoms with Crippen molar-refractivity contribution >= 4 is 17.3 Å². The first-order valence-electron chi connectivity index (χ1n) is 8.45. The average molecular weight is 364 g/mol. The summed E-state index contributed by atoms with van der Waals surface area (Å²) in [5.74, 6) is -2.25. The summed E-state index contributed by atoms with van der Waals surface area (Å²) in [6.07, 6.45) is 2.37. The zero-order valence-electron chi connectivity index (χ0n) is 14.5. The fourth-order valence-corrected chi connectivity index (χ4v) is 5.22. The molecule has 1 saturated carbocycles. The molecule has 3 atom stereocenters. The summed E-state index contributed by atoms with van der Waals surface area (Å²) in [4.78, 5) is 33.2. The van der Waals surface area contributed by atoms with Gasteiger partial charge in [-0.1, -0.05) is 13.3 Å². The highest BCUT2D eigenvalue weighted by Gasteiger charge is 2.58. The number of nitro benzene ring substituents is 2. The van der Waals surface area contributed by atoms with Crippen molar-refractivity contribution in [2.24, 2.45) is 11.3 Å². The van der Waals surface area contributed by atoms with Gasteiger partial charge in [0.05, 0.1) is 15.3 Å². The molecule has 0 spiro atoms. The molecule has 2 N–H and O–H groups in total. The molecular weight excluding hydrogens is 344 g/mol. The van der Waals surface area contributed by atoms with Gasteiger partial charge in [0.25, 0.3) is 5.75 Å². The molecule has 0 aromatic heterocycles. The Morgan fingerprint density at radius 3 is 2.42 bits per heavy atom. The van der Waals surface area contributed by atoms with Crippen LogP contribution in [0.15, 0.2) is 6.07 Å². The molecule has 140 valence electrons. The molecule has 0 heterocycles. The summed E-state index contributed by atoms with van der Waals surface area (Å²) in [7, 11) is 0. The number of nitrogens with zero attached hydrogens (tertiary/aromatic N) is 2. The number of hydrogen-bond donors (Lipinski definition) is 2. The van der Waals surface area contributed by atoms with Gasteiger partial charge < -0.3 is 10.2 Å². The number of rotatable bonds is 3. The zero-order valence-corrected chi connectivity index (χ0v) is 14.5. The molecule has 1 fully saturated rings. The van der Waals surface area contributed by atoms with Crippen molar-refractivity contribution in [1.82, 2.24) is 0 Å². The number of phenols is 1. The van der Waals surface area contributed by atoms with Crippen molar-refractivity contribution in [3.8, 4) is 5.75 Å². The second-order valence-corrected chi connectivity index (χ2v) is 7.73. The summed E-state index contributed by atoms with van der Waals surface area (Å²) in [6, 6.07) is 1.20. The summed E-state index contributed by atoms with van der Waals surface area (Å²) in [6.45, 7) is 3.45. The molecule has 9 heteroatoms. The molecule has 9 nitrogen and oxygen atoms in total. The number of aromatic hydroxyl groups is 1. The van der Waals surface area contributed by atoms with Crippen molar-refractivity contribution < 1.29 is 24.9 Å². The quantitative estimate of drug-likeness (QED) is 0.618. The third-order valence-corrected chi connectivity index (χ3v) is 6.41. The van der Waals surface area contributed by atoms with E-state index >= 15 is 0 Å². The molecule has 0 aliphatic heterocycles. The van der Waals surface area contributed by atoms with Crippen LogP contribution in [0.4, 0.5) is 11.4 Å². The van der Waals surface area contributed by atoms with E-state index < -0.39 is 43.8 Å². The second kappa shape index (κ2) is 5.65. The lowest BCUT2D eigenvalue weighted by Crippen LogP contribution is -2.52. The van der Waals surface area contributed by atoms with Gasteiger partial charge >= 0.3 is 17.3 Å². The predicted molar refractivity (Wildman–Crippen MR) is 90.2 cm³/mol. The van der Waals surface area contributed by atoms with Crippen molar-refractivity contribution in [3.63, 3.8) is 0 Å². The monoisotopic (exact) mass is 364 g/mol. The van der Waals surface area contributed by atoms with Gasteiger partial charge in [0.15, 0.2) is 0 Å². The van der Waals surface area contributed by atoms with E-state index in [1.807, 2.05) is 0 Å². The molecule has 26 heavy (non-hydrogen) atoms. The normalized spacial score (nSPS) is 30.2. The minimum absolute atomic E-state index is 0.258. The molecule has 0 radical (unpaired) electrons. The van der Waals surface area contributed by atoms with Gasteiger partial charge in [0.1, 0.15) is 0 Å². The van der Waals surface area contributed by atoms with Crippen LogP contribution in [0.25, 0.3) is 0 Å². The summed E-state index contributed by atoms with van der Waals surface area (Å²) < 4.78 is 0. The molecular formula is C17H20N2O7. The number of fused-ring (bicyclic) bond motifs is 3. The second-order valence-electron chi connectivity index (χ2n) is 7.73. The Labute approximate surface area is 148 Å². The van der Waals surface area contributed by atoms with Gasteiger partial charge in [-0.05, 0) is 44.1 Å². The molecule has 0 saturated heterocycles. The van der Waals surface area contributed by atoms with Gasteiger partial charge in [0, 0.05) is 17.0 Å². The van der Waals surface area contributed by atoms with Gasteiger partial charge in [-0.15, -0.1) is 0 Å². The lowest BCUT2D eigenvalue weighted by atomic mass is 9.49. The largest absolute Gasteiger partial charge is 0.497 e. The van der Waals surface area contributed by atoms with Crippen molar-refractivity contribution in [1.29, 1.82) is 0 Å². The number of aryl methyl sites for hydroxylation is 1. The average Bonchev–Trinajstić information content (AvgIpc) is 2.53. The van der Waals surface area contributed by atoms with Crippen LogP contribution in [-0.2, 0) is 16.6 Å². The molecule has 2 aliphatic carbocycles. The Balaban J connectivity index is 2.31. The van der Waals surface area contributed by atoms with Crippen molar-refractivity contribution in [2.75, 3.05) is 0 Å². The maximum Gasteiger partial charge on any atom is 0.322 e. The lowest BCUT2D eigenvalue weighted by molar-refractivity contribution is -0.397. The highest BCUT2D eigenvalue weighted by atomic mass is 16.6. The van der Waals surface area contributed by atoms with E-state index in [0.29, 0.717) is 37.7 Å². The minimum Gasteiger partial charge on any atom is -0.497 e. The number of phenolic OH excluding ortho intramolecular Hbond substituents is 1. The topological polar surface area (TPSA) is 144 Å². The van der Waals surface area contributed by atoms with Crippen LogP contribution < -0.4 is 0 Å². The number of carboxylic acids is 1. The van der Waals surface area contributed by atoms with E-state index in [2.05, 4.69) is 0 Å². The van der Waals surface area contributed by atoms with Crippen LogP contribution in [0, 0.1) is 31.6 Å². The van der Waals surface area contributed by atoms with Crippen molar-refractivity contribution in [3.05, 3.63) is 37.4 Å². The minimum atomic E-state index is -1.03. The van der Waals surface area contributed by atoms with E-state index in [1.54, 1.807) is 13.8 Å².